The van der Waals surface area contributed by atoms with Crippen molar-refractivity contribution in [3.8, 4) is 5.75 Å². The van der Waals surface area contributed by atoms with Gasteiger partial charge in [-0.15, -0.1) is 0 Å². The van der Waals surface area contributed by atoms with E-state index in [2.05, 4.69) is 21.2 Å². The molecule has 0 atom stereocenters. The fourth-order valence-electron chi connectivity index (χ4n) is 2.21. The summed E-state index contributed by atoms with van der Waals surface area (Å²) in [6.45, 7) is 3.88. The van der Waals surface area contributed by atoms with E-state index in [0.717, 1.165) is 10.0 Å². The fourth-order valence-corrected chi connectivity index (χ4v) is 2.59. The van der Waals surface area contributed by atoms with Gasteiger partial charge in [0.15, 0.2) is 6.61 Å². The highest BCUT2D eigenvalue weighted by atomic mass is 79.9. The number of nitrogens with one attached hydrogen (secondary N) is 1. The van der Waals surface area contributed by atoms with Crippen LogP contribution in [0, 0.1) is 0 Å². The van der Waals surface area contributed by atoms with Crippen LogP contribution in [0.5, 0.6) is 5.75 Å². The quantitative estimate of drug-likeness (QED) is 0.769. The van der Waals surface area contributed by atoms with E-state index in [1.807, 2.05) is 26.0 Å². The van der Waals surface area contributed by atoms with E-state index < -0.39 is 11.9 Å². The molecule has 0 fully saturated rings. The van der Waals surface area contributed by atoms with Gasteiger partial charge in [0.1, 0.15) is 5.75 Å². The SMILES string of the molecule is CC(C)c1cc(Br)ccc1OCC(=O)Nc1ccccc1C(=O)O. The Morgan fingerprint density at radius 2 is 1.92 bits per heavy atom. The van der Waals surface area contributed by atoms with Crippen LogP contribution in [0.2, 0.25) is 0 Å². The molecule has 0 unspecified atom stereocenters. The number of amides is 1. The number of aromatic carboxylic acids is 1. The number of halogens is 1. The van der Waals surface area contributed by atoms with Gasteiger partial charge in [0.25, 0.3) is 5.91 Å². The van der Waals surface area contributed by atoms with Crippen molar-refractivity contribution in [3.05, 3.63) is 58.1 Å². The molecule has 1 amide bonds. The number of carboxylic acid groups (broad SMARTS) is 1. The van der Waals surface area contributed by atoms with Crippen LogP contribution < -0.4 is 10.1 Å². The molecule has 2 N–H and O–H groups in total. The number of carboxylic acids is 1. The van der Waals surface area contributed by atoms with Crippen LogP contribution in [0.3, 0.4) is 0 Å². The van der Waals surface area contributed by atoms with Gasteiger partial charge in [0.05, 0.1) is 11.3 Å². The summed E-state index contributed by atoms with van der Waals surface area (Å²) in [6.07, 6.45) is 0. The van der Waals surface area contributed by atoms with Gasteiger partial charge in [-0.1, -0.05) is 41.9 Å². The Morgan fingerprint density at radius 1 is 1.21 bits per heavy atom. The average molecular weight is 392 g/mol. The number of para-hydroxylation sites is 1. The van der Waals surface area contributed by atoms with Crippen molar-refractivity contribution in [1.82, 2.24) is 0 Å². The summed E-state index contributed by atoms with van der Waals surface area (Å²) in [5.74, 6) is -0.633. The van der Waals surface area contributed by atoms with E-state index >= 15 is 0 Å². The first-order valence-electron chi connectivity index (χ1n) is 7.43. The molecule has 0 radical (unpaired) electrons. The molecular formula is C18H18BrNO4. The molecule has 0 aliphatic heterocycles. The van der Waals surface area contributed by atoms with Gasteiger partial charge in [-0.05, 0) is 41.8 Å². The molecule has 2 aromatic rings. The number of hydrogen-bond donors (Lipinski definition) is 2. The smallest absolute Gasteiger partial charge is 0.337 e. The molecule has 24 heavy (non-hydrogen) atoms. The summed E-state index contributed by atoms with van der Waals surface area (Å²) < 4.78 is 6.55. The first-order chi connectivity index (χ1) is 11.4. The monoisotopic (exact) mass is 391 g/mol. The van der Waals surface area contributed by atoms with Gasteiger partial charge in [0, 0.05) is 4.47 Å². The topological polar surface area (TPSA) is 75.6 Å². The molecule has 0 bridgehead atoms. The lowest BCUT2D eigenvalue weighted by atomic mass is 10.0. The zero-order valence-electron chi connectivity index (χ0n) is 13.4. The average Bonchev–Trinajstić information content (AvgIpc) is 2.53. The molecule has 0 saturated carbocycles. The van der Waals surface area contributed by atoms with Gasteiger partial charge < -0.3 is 15.2 Å². The third-order valence-electron chi connectivity index (χ3n) is 3.38. The van der Waals surface area contributed by atoms with E-state index in [4.69, 9.17) is 9.84 Å². The molecule has 126 valence electrons. The Hall–Kier alpha value is -2.34. The van der Waals surface area contributed by atoms with Crippen molar-refractivity contribution in [3.63, 3.8) is 0 Å². The van der Waals surface area contributed by atoms with Crippen LogP contribution in [0.25, 0.3) is 0 Å². The predicted octanol–water partition coefficient (Wildman–Crippen LogP) is 4.29. The Bertz CT molecular complexity index is 758. The lowest BCUT2D eigenvalue weighted by molar-refractivity contribution is -0.118. The number of hydrogen-bond acceptors (Lipinski definition) is 3. The minimum Gasteiger partial charge on any atom is -0.483 e. The van der Waals surface area contributed by atoms with Crippen LogP contribution in [0.1, 0.15) is 35.7 Å². The van der Waals surface area contributed by atoms with Gasteiger partial charge in [-0.2, -0.15) is 0 Å². The lowest BCUT2D eigenvalue weighted by Crippen LogP contribution is -2.22. The van der Waals surface area contributed by atoms with Crippen LogP contribution >= 0.6 is 15.9 Å². The maximum atomic E-state index is 12.1. The number of anilines is 1. The summed E-state index contributed by atoms with van der Waals surface area (Å²) in [5.41, 5.74) is 1.28. The van der Waals surface area contributed by atoms with Crippen LogP contribution in [-0.4, -0.2) is 23.6 Å². The lowest BCUT2D eigenvalue weighted by Gasteiger charge is -2.15. The van der Waals surface area contributed by atoms with Crippen molar-refractivity contribution in [1.29, 1.82) is 0 Å². The number of benzene rings is 2. The number of ether oxygens (including phenoxy) is 1. The largest absolute Gasteiger partial charge is 0.483 e. The molecule has 2 rings (SSSR count). The summed E-state index contributed by atoms with van der Waals surface area (Å²) in [7, 11) is 0. The van der Waals surface area contributed by atoms with Crippen molar-refractivity contribution < 1.29 is 19.4 Å². The molecule has 5 nitrogen and oxygen atoms in total. The van der Waals surface area contributed by atoms with Crippen LogP contribution in [0.15, 0.2) is 46.9 Å². The normalized spacial score (nSPS) is 10.5. The molecule has 0 aromatic heterocycles. The minimum absolute atomic E-state index is 0.0392. The Morgan fingerprint density at radius 3 is 2.58 bits per heavy atom. The maximum absolute atomic E-state index is 12.1. The van der Waals surface area contributed by atoms with Gasteiger partial charge in [0.2, 0.25) is 0 Å². The maximum Gasteiger partial charge on any atom is 0.337 e. The Labute approximate surface area is 148 Å². The van der Waals surface area contributed by atoms with Gasteiger partial charge >= 0.3 is 5.97 Å². The first kappa shape index (κ1) is 18.0. The molecule has 0 saturated heterocycles. The minimum atomic E-state index is -1.10. The first-order valence-corrected chi connectivity index (χ1v) is 8.22. The fraction of sp³-hybridized carbons (Fsp3) is 0.222. The van der Waals surface area contributed by atoms with Gasteiger partial charge in [-0.25, -0.2) is 4.79 Å². The van der Waals surface area contributed by atoms with Crippen molar-refractivity contribution in [2.75, 3.05) is 11.9 Å². The zero-order valence-corrected chi connectivity index (χ0v) is 15.0. The summed E-state index contributed by atoms with van der Waals surface area (Å²) in [4.78, 5) is 23.2. The summed E-state index contributed by atoms with van der Waals surface area (Å²) >= 11 is 3.42. The van der Waals surface area contributed by atoms with E-state index in [9.17, 15) is 9.59 Å². The molecule has 0 spiro atoms. The van der Waals surface area contributed by atoms with Crippen molar-refractivity contribution in [2.45, 2.75) is 19.8 Å². The van der Waals surface area contributed by atoms with E-state index in [1.165, 1.54) is 6.07 Å². The van der Waals surface area contributed by atoms with Crippen LogP contribution in [0.4, 0.5) is 5.69 Å². The standard InChI is InChI=1S/C18H18BrNO4/c1-11(2)14-9-12(19)7-8-16(14)24-10-17(21)20-15-6-4-3-5-13(15)18(22)23/h3-9,11H,10H2,1-2H3,(H,20,21)(H,22,23). The number of rotatable bonds is 6. The Kier molecular flexibility index (Phi) is 5.98. The van der Waals surface area contributed by atoms with E-state index in [1.54, 1.807) is 24.3 Å². The van der Waals surface area contributed by atoms with Crippen molar-refractivity contribution in [2.24, 2.45) is 0 Å². The van der Waals surface area contributed by atoms with E-state index in [0.29, 0.717) is 5.75 Å². The third-order valence-corrected chi connectivity index (χ3v) is 3.88. The molecule has 6 heteroatoms. The van der Waals surface area contributed by atoms with Crippen LogP contribution in [-0.2, 0) is 4.79 Å². The molecule has 0 aliphatic carbocycles. The summed E-state index contributed by atoms with van der Waals surface area (Å²) in [6, 6.07) is 11.8. The zero-order chi connectivity index (χ0) is 17.7. The predicted molar refractivity (Wildman–Crippen MR) is 95.8 cm³/mol. The second kappa shape index (κ2) is 7.97. The highest BCUT2D eigenvalue weighted by Gasteiger charge is 2.14. The Balaban J connectivity index is 2.06. The molecular weight excluding hydrogens is 374 g/mol. The van der Waals surface area contributed by atoms with E-state index in [-0.39, 0.29) is 23.8 Å². The second-order valence-corrected chi connectivity index (χ2v) is 6.44. The number of carbonyl (C=O) groups excluding carboxylic acids is 1. The highest BCUT2D eigenvalue weighted by Crippen LogP contribution is 2.29. The third kappa shape index (κ3) is 4.58. The summed E-state index contributed by atoms with van der Waals surface area (Å²) in [5, 5.41) is 11.7. The highest BCUT2D eigenvalue weighted by molar-refractivity contribution is 9.10. The van der Waals surface area contributed by atoms with Crippen molar-refractivity contribution >= 4 is 33.5 Å². The molecule has 0 heterocycles. The molecule has 0 aliphatic rings. The van der Waals surface area contributed by atoms with Gasteiger partial charge in [-0.3, -0.25) is 4.79 Å². The molecule has 2 aromatic carbocycles. The number of carbonyl (C=O) groups is 2. The second-order valence-electron chi connectivity index (χ2n) is 5.52.